The Balaban J connectivity index is 2.33. The third-order valence-corrected chi connectivity index (χ3v) is 6.43. The van der Waals surface area contributed by atoms with Gasteiger partial charge < -0.3 is 10.2 Å². The smallest absolute Gasteiger partial charge is 0.336 e. The molecular weight excluding hydrogens is 400 g/mol. The van der Waals surface area contributed by atoms with Gasteiger partial charge in [0, 0.05) is 0 Å². The summed E-state index contributed by atoms with van der Waals surface area (Å²) in [5.74, 6) is -2.29. The number of hydrogen-bond donors (Lipinski definition) is 2. The van der Waals surface area contributed by atoms with Crippen molar-refractivity contribution >= 4 is 11.9 Å². The molecule has 0 saturated carbocycles. The highest BCUT2D eigenvalue weighted by Crippen LogP contribution is 2.24. The third kappa shape index (κ3) is 11.2. The second-order valence-electron chi connectivity index (χ2n) is 9.19. The van der Waals surface area contributed by atoms with Crippen LogP contribution in [-0.2, 0) is 12.8 Å². The lowest BCUT2D eigenvalue weighted by Gasteiger charge is -2.15. The van der Waals surface area contributed by atoms with E-state index in [1.165, 1.54) is 83.1 Å². The van der Waals surface area contributed by atoms with E-state index >= 15 is 0 Å². The molecule has 1 aromatic rings. The molecular formula is C28H46O4. The Morgan fingerprint density at radius 1 is 0.594 bits per heavy atom. The lowest BCUT2D eigenvalue weighted by molar-refractivity contribution is 0.0650. The molecule has 32 heavy (non-hydrogen) atoms. The summed E-state index contributed by atoms with van der Waals surface area (Å²) in [5, 5.41) is 19.1. The Morgan fingerprint density at radius 2 is 1.06 bits per heavy atom. The average molecular weight is 447 g/mol. The zero-order valence-electron chi connectivity index (χ0n) is 20.6. The Labute approximate surface area is 195 Å². The molecule has 2 N–H and O–H groups in total. The minimum atomic E-state index is -1.16. The van der Waals surface area contributed by atoms with Crippen molar-refractivity contribution in [1.82, 2.24) is 0 Å². The second kappa shape index (κ2) is 17.7. The standard InChI is InChI=1S/C28H46O4/c1-3-5-7-8-9-10-11-12-13-14-15-16-17-18-19-23-21-22-25(27(29)30)26(28(31)32)24(23)20-6-4-2/h21-22H,3-20H2,1-2H3,(H,29,30)(H,31,32). The topological polar surface area (TPSA) is 74.6 Å². The largest absolute Gasteiger partial charge is 0.478 e. The van der Waals surface area contributed by atoms with Crippen LogP contribution in [0.4, 0.5) is 0 Å². The van der Waals surface area contributed by atoms with Crippen molar-refractivity contribution in [3.05, 3.63) is 34.4 Å². The summed E-state index contributed by atoms with van der Waals surface area (Å²) in [5.41, 5.74) is 1.65. The highest BCUT2D eigenvalue weighted by atomic mass is 16.4. The van der Waals surface area contributed by atoms with Gasteiger partial charge in [0.15, 0.2) is 0 Å². The summed E-state index contributed by atoms with van der Waals surface area (Å²) in [6.07, 6.45) is 21.7. The highest BCUT2D eigenvalue weighted by Gasteiger charge is 2.22. The minimum Gasteiger partial charge on any atom is -0.478 e. The molecule has 1 rings (SSSR count). The maximum absolute atomic E-state index is 11.8. The average Bonchev–Trinajstić information content (AvgIpc) is 2.77. The molecule has 0 aromatic heterocycles. The molecule has 0 aliphatic heterocycles. The van der Waals surface area contributed by atoms with Crippen molar-refractivity contribution in [1.29, 1.82) is 0 Å². The monoisotopic (exact) mass is 446 g/mol. The fourth-order valence-electron chi connectivity index (χ4n) is 4.50. The van der Waals surface area contributed by atoms with Crippen LogP contribution in [0.15, 0.2) is 12.1 Å². The van der Waals surface area contributed by atoms with Crippen LogP contribution in [-0.4, -0.2) is 22.2 Å². The second-order valence-corrected chi connectivity index (χ2v) is 9.19. The van der Waals surface area contributed by atoms with Crippen molar-refractivity contribution in [2.45, 2.75) is 129 Å². The van der Waals surface area contributed by atoms with Gasteiger partial charge in [-0.2, -0.15) is 0 Å². The number of aromatic carboxylic acids is 2. The molecule has 0 spiro atoms. The quantitative estimate of drug-likeness (QED) is 0.197. The molecule has 0 fully saturated rings. The first-order chi connectivity index (χ1) is 15.5. The van der Waals surface area contributed by atoms with E-state index in [2.05, 4.69) is 13.8 Å². The number of carbonyl (C=O) groups is 2. The normalized spacial score (nSPS) is 11.1. The lowest BCUT2D eigenvalue weighted by atomic mass is 9.89. The molecule has 1 aromatic carbocycles. The van der Waals surface area contributed by atoms with Gasteiger partial charge in [-0.3, -0.25) is 0 Å². The van der Waals surface area contributed by atoms with Gasteiger partial charge >= 0.3 is 11.9 Å². The van der Waals surface area contributed by atoms with Crippen LogP contribution in [0.1, 0.15) is 148 Å². The molecule has 0 bridgehead atoms. The summed E-state index contributed by atoms with van der Waals surface area (Å²) in [7, 11) is 0. The SMILES string of the molecule is CCCCCCCCCCCCCCCCc1ccc(C(=O)O)c(C(=O)O)c1CCCC. The fraction of sp³-hybridized carbons (Fsp3) is 0.714. The van der Waals surface area contributed by atoms with Crippen molar-refractivity contribution in [3.63, 3.8) is 0 Å². The van der Waals surface area contributed by atoms with E-state index in [1.54, 1.807) is 0 Å². The van der Waals surface area contributed by atoms with Crippen LogP contribution < -0.4 is 0 Å². The van der Waals surface area contributed by atoms with Gasteiger partial charge in [0.2, 0.25) is 0 Å². The Hall–Kier alpha value is -1.84. The van der Waals surface area contributed by atoms with E-state index in [0.29, 0.717) is 6.42 Å². The van der Waals surface area contributed by atoms with Crippen LogP contribution in [0, 0.1) is 0 Å². The van der Waals surface area contributed by atoms with E-state index in [-0.39, 0.29) is 11.1 Å². The van der Waals surface area contributed by atoms with E-state index in [0.717, 1.165) is 43.2 Å². The van der Waals surface area contributed by atoms with Crippen molar-refractivity contribution < 1.29 is 19.8 Å². The number of aryl methyl sites for hydroxylation is 1. The van der Waals surface area contributed by atoms with Crippen molar-refractivity contribution in [2.24, 2.45) is 0 Å². The molecule has 0 atom stereocenters. The van der Waals surface area contributed by atoms with Crippen molar-refractivity contribution in [2.75, 3.05) is 0 Å². The number of carboxylic acids is 2. The van der Waals surface area contributed by atoms with Crippen LogP contribution >= 0.6 is 0 Å². The Kier molecular flexibility index (Phi) is 15.6. The van der Waals surface area contributed by atoms with Gasteiger partial charge in [-0.25, -0.2) is 9.59 Å². The number of unbranched alkanes of at least 4 members (excludes halogenated alkanes) is 14. The summed E-state index contributed by atoms with van der Waals surface area (Å²) >= 11 is 0. The van der Waals surface area contributed by atoms with Crippen LogP contribution in [0.3, 0.4) is 0 Å². The molecule has 0 radical (unpaired) electrons. The summed E-state index contributed by atoms with van der Waals surface area (Å²) < 4.78 is 0. The molecule has 0 aliphatic carbocycles. The lowest BCUT2D eigenvalue weighted by Crippen LogP contribution is -2.14. The van der Waals surface area contributed by atoms with Gasteiger partial charge in [0.25, 0.3) is 0 Å². The Bertz CT molecular complexity index is 666. The summed E-state index contributed by atoms with van der Waals surface area (Å²) in [6.45, 7) is 4.33. The van der Waals surface area contributed by atoms with Gasteiger partial charge in [0.1, 0.15) is 0 Å². The van der Waals surface area contributed by atoms with Gasteiger partial charge in [-0.1, -0.05) is 110 Å². The molecule has 182 valence electrons. The molecule has 0 aliphatic rings. The number of carboxylic acid groups (broad SMARTS) is 2. The first-order valence-electron chi connectivity index (χ1n) is 13.1. The van der Waals surface area contributed by atoms with Gasteiger partial charge in [0.05, 0.1) is 11.1 Å². The molecule has 4 nitrogen and oxygen atoms in total. The minimum absolute atomic E-state index is 0.00573. The van der Waals surface area contributed by atoms with Crippen LogP contribution in [0.2, 0.25) is 0 Å². The first-order valence-corrected chi connectivity index (χ1v) is 13.1. The molecule has 0 amide bonds. The zero-order valence-corrected chi connectivity index (χ0v) is 20.6. The molecule has 0 heterocycles. The predicted octanol–water partition coefficient (Wildman–Crippen LogP) is 8.45. The van der Waals surface area contributed by atoms with Gasteiger partial charge in [-0.05, 0) is 42.9 Å². The molecule has 0 unspecified atom stereocenters. The Morgan fingerprint density at radius 3 is 1.50 bits per heavy atom. The highest BCUT2D eigenvalue weighted by molar-refractivity contribution is 6.03. The van der Waals surface area contributed by atoms with E-state index in [1.807, 2.05) is 6.07 Å². The number of rotatable bonds is 20. The molecule has 0 saturated heterocycles. The number of hydrogen-bond acceptors (Lipinski definition) is 2. The predicted molar refractivity (Wildman–Crippen MR) is 133 cm³/mol. The summed E-state index contributed by atoms with van der Waals surface area (Å²) in [6, 6.07) is 3.31. The molecule has 4 heteroatoms. The van der Waals surface area contributed by atoms with E-state index < -0.39 is 11.9 Å². The van der Waals surface area contributed by atoms with Gasteiger partial charge in [-0.15, -0.1) is 0 Å². The zero-order chi connectivity index (χ0) is 23.6. The summed E-state index contributed by atoms with van der Waals surface area (Å²) in [4.78, 5) is 23.3. The van der Waals surface area contributed by atoms with Crippen LogP contribution in [0.5, 0.6) is 0 Å². The maximum atomic E-state index is 11.8. The van der Waals surface area contributed by atoms with E-state index in [9.17, 15) is 19.8 Å². The third-order valence-electron chi connectivity index (χ3n) is 6.43. The maximum Gasteiger partial charge on any atom is 0.336 e. The fourth-order valence-corrected chi connectivity index (χ4v) is 4.50. The number of benzene rings is 1. The van der Waals surface area contributed by atoms with Crippen molar-refractivity contribution in [3.8, 4) is 0 Å². The van der Waals surface area contributed by atoms with E-state index in [4.69, 9.17) is 0 Å². The van der Waals surface area contributed by atoms with Crippen LogP contribution in [0.25, 0.3) is 0 Å². The first kappa shape index (κ1) is 28.2.